The fourth-order valence-electron chi connectivity index (χ4n) is 4.80. The predicted octanol–water partition coefficient (Wildman–Crippen LogP) is 2.59. The first-order valence-corrected chi connectivity index (χ1v) is 12.6. The van der Waals surface area contributed by atoms with Gasteiger partial charge in [0.2, 0.25) is 21.8 Å². The Morgan fingerprint density at radius 3 is 2.47 bits per heavy atom. The van der Waals surface area contributed by atoms with Gasteiger partial charge in [-0.05, 0) is 62.3 Å². The maximum atomic E-state index is 12.9. The molecule has 1 aromatic rings. The second kappa shape index (κ2) is 9.06. The lowest BCUT2D eigenvalue weighted by Crippen LogP contribution is -2.44. The van der Waals surface area contributed by atoms with Crippen LogP contribution in [-0.2, 0) is 26.0 Å². The number of benzene rings is 1. The largest absolute Gasteiger partial charge is 0.352 e. The molecule has 0 spiro atoms. The van der Waals surface area contributed by atoms with Gasteiger partial charge < -0.3 is 10.2 Å². The Balaban J connectivity index is 1.54. The summed E-state index contributed by atoms with van der Waals surface area (Å²) in [4.78, 5) is 27.2. The van der Waals surface area contributed by atoms with Crippen LogP contribution < -0.4 is 10.2 Å². The van der Waals surface area contributed by atoms with Gasteiger partial charge >= 0.3 is 0 Å². The van der Waals surface area contributed by atoms with Crippen LogP contribution in [0.5, 0.6) is 0 Å². The quantitative estimate of drug-likeness (QED) is 0.773. The molecule has 1 aliphatic carbocycles. The fraction of sp³-hybridized carbons (Fsp3) is 0.636. The lowest BCUT2D eigenvalue weighted by molar-refractivity contribution is -0.124. The van der Waals surface area contributed by atoms with Crippen molar-refractivity contribution in [1.29, 1.82) is 0 Å². The van der Waals surface area contributed by atoms with E-state index in [1.165, 1.54) is 15.6 Å². The average molecular weight is 434 g/mol. The van der Waals surface area contributed by atoms with Crippen molar-refractivity contribution in [3.63, 3.8) is 0 Å². The molecule has 2 heterocycles. The number of carbonyl (C=O) groups excluding carboxylic acids is 2. The smallest absolute Gasteiger partial charge is 0.243 e. The van der Waals surface area contributed by atoms with Crippen molar-refractivity contribution in [1.82, 2.24) is 9.62 Å². The highest BCUT2D eigenvalue weighted by atomic mass is 32.2. The standard InChI is InChI=1S/C22H31N3O4S/c26-21(23-18-8-2-1-3-9-18)16-25-20-12-11-19(15-17(20)7-6-10-22(25)27)30(28,29)24-13-4-5-14-24/h11-12,15,18H,1-10,13-14,16H2,(H,23,26). The maximum absolute atomic E-state index is 12.9. The van der Waals surface area contributed by atoms with Gasteiger partial charge in [-0.25, -0.2) is 8.42 Å². The first kappa shape index (κ1) is 21.3. The summed E-state index contributed by atoms with van der Waals surface area (Å²) in [5, 5.41) is 3.08. The van der Waals surface area contributed by atoms with Crippen LogP contribution in [-0.4, -0.2) is 50.2 Å². The van der Waals surface area contributed by atoms with Gasteiger partial charge in [0.1, 0.15) is 6.54 Å². The zero-order valence-corrected chi connectivity index (χ0v) is 18.3. The summed E-state index contributed by atoms with van der Waals surface area (Å²) in [7, 11) is -3.51. The monoisotopic (exact) mass is 433 g/mol. The van der Waals surface area contributed by atoms with Crippen molar-refractivity contribution in [3.05, 3.63) is 23.8 Å². The summed E-state index contributed by atoms with van der Waals surface area (Å²) in [6, 6.07) is 5.18. The topological polar surface area (TPSA) is 86.8 Å². The van der Waals surface area contributed by atoms with E-state index in [9.17, 15) is 18.0 Å². The molecule has 2 aliphatic heterocycles. The molecular weight excluding hydrogens is 402 g/mol. The summed E-state index contributed by atoms with van der Waals surface area (Å²) >= 11 is 0. The van der Waals surface area contributed by atoms with E-state index in [1.54, 1.807) is 18.2 Å². The number of amides is 2. The van der Waals surface area contributed by atoms with E-state index in [-0.39, 0.29) is 29.3 Å². The van der Waals surface area contributed by atoms with Gasteiger partial charge in [0, 0.05) is 31.2 Å². The van der Waals surface area contributed by atoms with E-state index >= 15 is 0 Å². The van der Waals surface area contributed by atoms with Crippen molar-refractivity contribution >= 4 is 27.5 Å². The third-order valence-electron chi connectivity index (χ3n) is 6.45. The third-order valence-corrected chi connectivity index (χ3v) is 8.35. The lowest BCUT2D eigenvalue weighted by atomic mass is 9.95. The summed E-state index contributed by atoms with van der Waals surface area (Å²) in [6.07, 6.45) is 8.89. The molecule has 164 valence electrons. The number of hydrogen-bond donors (Lipinski definition) is 1. The third kappa shape index (κ3) is 4.54. The molecule has 1 saturated heterocycles. The van der Waals surface area contributed by atoms with Crippen LogP contribution in [0.4, 0.5) is 5.69 Å². The van der Waals surface area contributed by atoms with Gasteiger partial charge in [-0.2, -0.15) is 4.31 Å². The molecule has 3 aliphatic rings. The number of nitrogens with one attached hydrogen (secondary N) is 1. The highest BCUT2D eigenvalue weighted by Crippen LogP contribution is 2.31. The highest BCUT2D eigenvalue weighted by molar-refractivity contribution is 7.89. The van der Waals surface area contributed by atoms with Gasteiger partial charge in [-0.15, -0.1) is 0 Å². The molecule has 1 aromatic carbocycles. The van der Waals surface area contributed by atoms with Crippen molar-refractivity contribution < 1.29 is 18.0 Å². The molecule has 0 unspecified atom stereocenters. The number of rotatable bonds is 5. The molecule has 2 amide bonds. The van der Waals surface area contributed by atoms with Crippen molar-refractivity contribution in [2.24, 2.45) is 0 Å². The van der Waals surface area contributed by atoms with Crippen molar-refractivity contribution in [2.45, 2.75) is 75.1 Å². The van der Waals surface area contributed by atoms with E-state index in [1.807, 2.05) is 0 Å². The molecule has 0 radical (unpaired) electrons. The summed E-state index contributed by atoms with van der Waals surface area (Å²) in [6.45, 7) is 1.11. The molecule has 1 saturated carbocycles. The number of fused-ring (bicyclic) bond motifs is 1. The molecule has 7 nitrogen and oxygen atoms in total. The lowest BCUT2D eigenvalue weighted by Gasteiger charge is -2.26. The Hall–Kier alpha value is -1.93. The van der Waals surface area contributed by atoms with Crippen LogP contribution in [0.15, 0.2) is 23.1 Å². The van der Waals surface area contributed by atoms with Gasteiger partial charge in [0.15, 0.2) is 0 Å². The Kier molecular flexibility index (Phi) is 6.43. The SMILES string of the molecule is O=C(CN1C(=O)CCCc2cc(S(=O)(=O)N3CCCC3)ccc21)NC1CCCCC1. The van der Waals surface area contributed by atoms with Crippen LogP contribution in [0.25, 0.3) is 0 Å². The van der Waals surface area contributed by atoms with Crippen LogP contribution in [0, 0.1) is 0 Å². The van der Waals surface area contributed by atoms with Gasteiger partial charge in [0.05, 0.1) is 4.90 Å². The number of carbonyl (C=O) groups is 2. The molecule has 30 heavy (non-hydrogen) atoms. The van der Waals surface area contributed by atoms with Gasteiger partial charge in [0.25, 0.3) is 0 Å². The minimum atomic E-state index is -3.51. The molecular formula is C22H31N3O4S. The number of anilines is 1. The molecule has 8 heteroatoms. The van der Waals surface area contributed by atoms with E-state index in [4.69, 9.17) is 0 Å². The zero-order chi connectivity index (χ0) is 21.1. The van der Waals surface area contributed by atoms with Crippen molar-refractivity contribution in [2.75, 3.05) is 24.5 Å². The number of hydrogen-bond acceptors (Lipinski definition) is 4. The predicted molar refractivity (Wildman–Crippen MR) is 115 cm³/mol. The molecule has 1 N–H and O–H groups in total. The fourth-order valence-corrected chi connectivity index (χ4v) is 6.37. The molecule has 0 bridgehead atoms. The van der Waals surface area contributed by atoms with E-state index in [2.05, 4.69) is 5.32 Å². The zero-order valence-electron chi connectivity index (χ0n) is 17.4. The Labute approximate surface area is 178 Å². The summed E-state index contributed by atoms with van der Waals surface area (Å²) in [5.74, 6) is -0.223. The first-order chi connectivity index (χ1) is 14.4. The van der Waals surface area contributed by atoms with Crippen molar-refractivity contribution in [3.8, 4) is 0 Å². The first-order valence-electron chi connectivity index (χ1n) is 11.2. The number of aryl methyl sites for hydroxylation is 1. The van der Waals surface area contributed by atoms with Crippen LogP contribution in [0.3, 0.4) is 0 Å². The highest BCUT2D eigenvalue weighted by Gasteiger charge is 2.30. The van der Waals surface area contributed by atoms with E-state index in [0.29, 0.717) is 38.0 Å². The summed E-state index contributed by atoms with van der Waals surface area (Å²) < 4.78 is 27.4. The average Bonchev–Trinajstić information content (AvgIpc) is 3.24. The Morgan fingerprint density at radius 2 is 1.73 bits per heavy atom. The Morgan fingerprint density at radius 1 is 1.00 bits per heavy atom. The minimum absolute atomic E-state index is 0.0133. The summed E-state index contributed by atoms with van der Waals surface area (Å²) in [5.41, 5.74) is 1.49. The molecule has 0 aromatic heterocycles. The number of nitrogens with zero attached hydrogens (tertiary/aromatic N) is 2. The normalized spacial score (nSPS) is 21.3. The second-order valence-electron chi connectivity index (χ2n) is 8.64. The maximum Gasteiger partial charge on any atom is 0.243 e. The van der Waals surface area contributed by atoms with Gasteiger partial charge in [-0.3, -0.25) is 9.59 Å². The molecule has 0 atom stereocenters. The molecule has 4 rings (SSSR count). The van der Waals surface area contributed by atoms with Gasteiger partial charge in [-0.1, -0.05) is 19.3 Å². The van der Waals surface area contributed by atoms with E-state index in [0.717, 1.165) is 44.1 Å². The van der Waals surface area contributed by atoms with Crippen LogP contribution in [0.1, 0.15) is 63.4 Å². The second-order valence-corrected chi connectivity index (χ2v) is 10.6. The van der Waals surface area contributed by atoms with Crippen LogP contribution >= 0.6 is 0 Å². The molecule has 2 fully saturated rings. The number of sulfonamides is 1. The van der Waals surface area contributed by atoms with E-state index < -0.39 is 10.0 Å². The van der Waals surface area contributed by atoms with Crippen LogP contribution in [0.2, 0.25) is 0 Å². The Bertz CT molecular complexity index is 903. The minimum Gasteiger partial charge on any atom is -0.352 e.